The summed E-state index contributed by atoms with van der Waals surface area (Å²) in [5.41, 5.74) is -0.0588. The molecule has 21 heavy (non-hydrogen) atoms. The first-order chi connectivity index (χ1) is 9.82. The molecule has 1 aromatic heterocycles. The maximum atomic E-state index is 12.8. The van der Waals surface area contributed by atoms with Gasteiger partial charge in [-0.25, -0.2) is 0 Å². The SMILES string of the molecule is CNC(=O)c1ccc(Cn2c(C(F)(F)F)csc2=O)cc1. The van der Waals surface area contributed by atoms with Crippen molar-refractivity contribution in [2.24, 2.45) is 0 Å². The second kappa shape index (κ2) is 5.72. The van der Waals surface area contributed by atoms with E-state index in [1.54, 1.807) is 0 Å². The Morgan fingerprint density at radius 2 is 1.90 bits per heavy atom. The van der Waals surface area contributed by atoms with Gasteiger partial charge < -0.3 is 5.32 Å². The standard InChI is InChI=1S/C13H11F3N2O2S/c1-17-11(19)9-4-2-8(3-5-9)6-18-10(13(14,15)16)7-21-12(18)20/h2-5,7H,6H2,1H3,(H,17,19). The lowest BCUT2D eigenvalue weighted by atomic mass is 10.1. The highest BCUT2D eigenvalue weighted by Gasteiger charge is 2.35. The number of rotatable bonds is 3. The molecule has 0 aliphatic heterocycles. The van der Waals surface area contributed by atoms with Crippen molar-refractivity contribution in [3.63, 3.8) is 0 Å². The lowest BCUT2D eigenvalue weighted by Gasteiger charge is -2.10. The van der Waals surface area contributed by atoms with Gasteiger partial charge in [0.1, 0.15) is 5.69 Å². The number of alkyl halides is 3. The fourth-order valence-electron chi connectivity index (χ4n) is 1.79. The number of nitrogens with one attached hydrogen (secondary N) is 1. The normalized spacial score (nSPS) is 11.4. The molecule has 0 aliphatic rings. The van der Waals surface area contributed by atoms with Crippen LogP contribution in [0.4, 0.5) is 13.2 Å². The van der Waals surface area contributed by atoms with Crippen LogP contribution in [0.15, 0.2) is 34.4 Å². The Kier molecular flexibility index (Phi) is 4.17. The van der Waals surface area contributed by atoms with Crippen molar-refractivity contribution in [1.82, 2.24) is 9.88 Å². The zero-order chi connectivity index (χ0) is 15.6. The third kappa shape index (κ3) is 3.33. The van der Waals surface area contributed by atoms with Crippen LogP contribution in [-0.4, -0.2) is 17.5 Å². The van der Waals surface area contributed by atoms with E-state index in [1.165, 1.54) is 31.3 Å². The number of carbonyl (C=O) groups is 1. The Morgan fingerprint density at radius 1 is 1.29 bits per heavy atom. The van der Waals surface area contributed by atoms with Gasteiger partial charge in [0, 0.05) is 18.0 Å². The van der Waals surface area contributed by atoms with Crippen molar-refractivity contribution in [2.75, 3.05) is 7.05 Å². The number of halogens is 3. The van der Waals surface area contributed by atoms with Gasteiger partial charge in [0.25, 0.3) is 5.91 Å². The van der Waals surface area contributed by atoms with E-state index in [0.29, 0.717) is 27.0 Å². The van der Waals surface area contributed by atoms with Crippen LogP contribution < -0.4 is 10.2 Å². The molecule has 0 fully saturated rings. The van der Waals surface area contributed by atoms with Gasteiger partial charge in [-0.05, 0) is 17.7 Å². The second-order valence-electron chi connectivity index (χ2n) is 4.25. The minimum Gasteiger partial charge on any atom is -0.355 e. The number of benzene rings is 1. The van der Waals surface area contributed by atoms with Crippen molar-refractivity contribution >= 4 is 17.2 Å². The molecule has 112 valence electrons. The maximum absolute atomic E-state index is 12.8. The maximum Gasteiger partial charge on any atom is 0.432 e. The van der Waals surface area contributed by atoms with E-state index in [9.17, 15) is 22.8 Å². The average molecular weight is 316 g/mol. The van der Waals surface area contributed by atoms with Crippen LogP contribution in [0.5, 0.6) is 0 Å². The van der Waals surface area contributed by atoms with Crippen molar-refractivity contribution in [3.05, 3.63) is 56.1 Å². The summed E-state index contributed by atoms with van der Waals surface area (Å²) in [7, 11) is 1.48. The minimum atomic E-state index is -4.57. The van der Waals surface area contributed by atoms with Gasteiger partial charge in [-0.3, -0.25) is 14.2 Å². The highest BCUT2D eigenvalue weighted by atomic mass is 32.1. The van der Waals surface area contributed by atoms with Gasteiger partial charge in [-0.15, -0.1) is 0 Å². The summed E-state index contributed by atoms with van der Waals surface area (Å²) < 4.78 is 39.0. The summed E-state index contributed by atoms with van der Waals surface area (Å²) in [5.74, 6) is -0.287. The zero-order valence-corrected chi connectivity index (χ0v) is 11.7. The predicted molar refractivity (Wildman–Crippen MR) is 72.5 cm³/mol. The fourth-order valence-corrected chi connectivity index (χ4v) is 2.55. The molecule has 0 radical (unpaired) electrons. The molecule has 8 heteroatoms. The number of hydrogen-bond donors (Lipinski definition) is 1. The molecule has 2 rings (SSSR count). The van der Waals surface area contributed by atoms with Gasteiger partial charge in [0.2, 0.25) is 0 Å². The van der Waals surface area contributed by atoms with Crippen molar-refractivity contribution in [3.8, 4) is 0 Å². The minimum absolute atomic E-state index is 0.189. The van der Waals surface area contributed by atoms with Crippen LogP contribution >= 0.6 is 11.3 Å². The van der Waals surface area contributed by atoms with Crippen molar-refractivity contribution in [2.45, 2.75) is 12.7 Å². The predicted octanol–water partition coefficient (Wildman–Crippen LogP) is 2.34. The molecule has 4 nitrogen and oxygen atoms in total. The number of thiazole rings is 1. The van der Waals surface area contributed by atoms with Crippen LogP contribution in [0.2, 0.25) is 0 Å². The average Bonchev–Trinajstić information content (AvgIpc) is 2.80. The first-order valence-corrected chi connectivity index (χ1v) is 6.77. The van der Waals surface area contributed by atoms with Gasteiger partial charge in [0.05, 0.1) is 6.54 Å². The molecule has 1 aromatic carbocycles. The Hall–Kier alpha value is -2.09. The van der Waals surface area contributed by atoms with E-state index in [4.69, 9.17) is 0 Å². The van der Waals surface area contributed by atoms with Crippen LogP contribution in [0.3, 0.4) is 0 Å². The monoisotopic (exact) mass is 316 g/mol. The van der Waals surface area contributed by atoms with Gasteiger partial charge in [-0.2, -0.15) is 13.2 Å². The highest BCUT2D eigenvalue weighted by molar-refractivity contribution is 7.07. The molecular formula is C13H11F3N2O2S. The molecular weight excluding hydrogens is 305 g/mol. The van der Waals surface area contributed by atoms with E-state index in [-0.39, 0.29) is 12.5 Å². The van der Waals surface area contributed by atoms with Crippen molar-refractivity contribution < 1.29 is 18.0 Å². The van der Waals surface area contributed by atoms with Crippen LogP contribution in [-0.2, 0) is 12.7 Å². The first kappa shape index (κ1) is 15.3. The van der Waals surface area contributed by atoms with Crippen LogP contribution in [0, 0.1) is 0 Å². The van der Waals surface area contributed by atoms with E-state index >= 15 is 0 Å². The molecule has 1 heterocycles. The molecule has 1 amide bonds. The number of amides is 1. The van der Waals surface area contributed by atoms with E-state index in [1.807, 2.05) is 0 Å². The third-order valence-electron chi connectivity index (χ3n) is 2.86. The van der Waals surface area contributed by atoms with Crippen LogP contribution in [0.25, 0.3) is 0 Å². The molecule has 0 saturated carbocycles. The van der Waals surface area contributed by atoms with E-state index < -0.39 is 16.7 Å². The van der Waals surface area contributed by atoms with Crippen LogP contribution in [0.1, 0.15) is 21.6 Å². The summed E-state index contributed by atoms with van der Waals surface area (Å²) in [5, 5.41) is 3.25. The smallest absolute Gasteiger partial charge is 0.355 e. The highest BCUT2D eigenvalue weighted by Crippen LogP contribution is 2.29. The Labute approximate surface area is 121 Å². The summed E-state index contributed by atoms with van der Waals surface area (Å²) >= 11 is 0.512. The largest absolute Gasteiger partial charge is 0.432 e. The Balaban J connectivity index is 2.29. The quantitative estimate of drug-likeness (QED) is 0.945. The molecule has 1 N–H and O–H groups in total. The molecule has 0 saturated heterocycles. The molecule has 0 aliphatic carbocycles. The number of aromatic nitrogens is 1. The Morgan fingerprint density at radius 3 is 2.43 bits per heavy atom. The Bertz CT molecular complexity index is 701. The molecule has 0 atom stereocenters. The fraction of sp³-hybridized carbons (Fsp3) is 0.231. The molecule has 0 spiro atoms. The third-order valence-corrected chi connectivity index (χ3v) is 3.62. The lowest BCUT2D eigenvalue weighted by Crippen LogP contribution is -2.22. The molecule has 0 unspecified atom stereocenters. The zero-order valence-electron chi connectivity index (χ0n) is 10.9. The summed E-state index contributed by atoms with van der Waals surface area (Å²) in [6, 6.07) is 6.04. The summed E-state index contributed by atoms with van der Waals surface area (Å²) in [6.07, 6.45) is -4.57. The molecule has 0 bridgehead atoms. The van der Waals surface area contributed by atoms with Gasteiger partial charge >= 0.3 is 11.0 Å². The summed E-state index contributed by atoms with van der Waals surface area (Å²) in [6.45, 7) is -0.189. The van der Waals surface area contributed by atoms with E-state index in [2.05, 4.69) is 5.32 Å². The molecule has 2 aromatic rings. The number of nitrogens with zero attached hydrogens (tertiary/aromatic N) is 1. The lowest BCUT2D eigenvalue weighted by molar-refractivity contribution is -0.143. The van der Waals surface area contributed by atoms with Gasteiger partial charge in [-0.1, -0.05) is 23.5 Å². The van der Waals surface area contributed by atoms with Gasteiger partial charge in [0.15, 0.2) is 0 Å². The number of hydrogen-bond acceptors (Lipinski definition) is 3. The van der Waals surface area contributed by atoms with E-state index in [0.717, 1.165) is 5.38 Å². The second-order valence-corrected chi connectivity index (χ2v) is 5.07. The first-order valence-electron chi connectivity index (χ1n) is 5.89. The number of carbonyl (C=O) groups excluding carboxylic acids is 1. The topological polar surface area (TPSA) is 51.1 Å². The summed E-state index contributed by atoms with van der Waals surface area (Å²) in [4.78, 5) is 22.2. The van der Waals surface area contributed by atoms with Crippen molar-refractivity contribution in [1.29, 1.82) is 0 Å².